The van der Waals surface area contributed by atoms with Crippen LogP contribution in [0.3, 0.4) is 0 Å². The largest absolute Gasteiger partial charge is 0.496 e. The number of aromatic nitrogens is 3. The number of methoxy groups -OCH3 is 1. The summed E-state index contributed by atoms with van der Waals surface area (Å²) in [6, 6.07) is 9.45. The topological polar surface area (TPSA) is 66.2 Å². The molecule has 6 heteroatoms. The number of benzene rings is 1. The lowest BCUT2D eigenvalue weighted by Crippen LogP contribution is -2.10. The standard InChI is InChI=1S/C21H25N3O3/c1-13(2)18-10-16(17-11-22-24(14(3)4)20(17)23-18)21(25)27-12-15-8-6-7-9-19(15)26-5/h6-11,13-14H,12H2,1-5H3. The van der Waals surface area contributed by atoms with Crippen molar-refractivity contribution < 1.29 is 14.3 Å². The molecule has 6 nitrogen and oxygen atoms in total. The van der Waals surface area contributed by atoms with E-state index in [4.69, 9.17) is 14.5 Å². The Morgan fingerprint density at radius 1 is 1.19 bits per heavy atom. The lowest BCUT2D eigenvalue weighted by atomic mass is 10.1. The van der Waals surface area contributed by atoms with Gasteiger partial charge in [-0.1, -0.05) is 32.0 Å². The van der Waals surface area contributed by atoms with Crippen molar-refractivity contribution in [2.24, 2.45) is 0 Å². The van der Waals surface area contributed by atoms with Gasteiger partial charge in [-0.3, -0.25) is 0 Å². The van der Waals surface area contributed by atoms with Crippen LogP contribution in [0, 0.1) is 0 Å². The van der Waals surface area contributed by atoms with Crippen molar-refractivity contribution in [3.63, 3.8) is 0 Å². The van der Waals surface area contributed by atoms with Crippen molar-refractivity contribution in [3.05, 3.63) is 53.3 Å². The van der Waals surface area contributed by atoms with Gasteiger partial charge in [0.1, 0.15) is 12.4 Å². The molecule has 0 spiro atoms. The molecule has 0 bridgehead atoms. The maximum absolute atomic E-state index is 12.9. The first-order chi connectivity index (χ1) is 12.9. The first-order valence-electron chi connectivity index (χ1n) is 9.09. The first-order valence-corrected chi connectivity index (χ1v) is 9.09. The number of hydrogen-bond donors (Lipinski definition) is 0. The highest BCUT2D eigenvalue weighted by molar-refractivity contribution is 6.02. The van der Waals surface area contributed by atoms with Crippen LogP contribution < -0.4 is 4.74 Å². The van der Waals surface area contributed by atoms with Gasteiger partial charge in [-0.15, -0.1) is 0 Å². The van der Waals surface area contributed by atoms with Crippen LogP contribution >= 0.6 is 0 Å². The molecule has 0 saturated carbocycles. The van der Waals surface area contributed by atoms with E-state index >= 15 is 0 Å². The second-order valence-corrected chi connectivity index (χ2v) is 7.06. The molecule has 0 atom stereocenters. The summed E-state index contributed by atoms with van der Waals surface area (Å²) < 4.78 is 12.7. The SMILES string of the molecule is COc1ccccc1COC(=O)c1cc(C(C)C)nc2c1cnn2C(C)C. The molecule has 0 fully saturated rings. The van der Waals surface area contributed by atoms with E-state index in [9.17, 15) is 4.79 Å². The van der Waals surface area contributed by atoms with Crippen LogP contribution in [0.15, 0.2) is 36.5 Å². The zero-order valence-corrected chi connectivity index (χ0v) is 16.4. The molecule has 142 valence electrons. The second-order valence-electron chi connectivity index (χ2n) is 7.06. The zero-order valence-electron chi connectivity index (χ0n) is 16.4. The van der Waals surface area contributed by atoms with Gasteiger partial charge < -0.3 is 9.47 Å². The van der Waals surface area contributed by atoms with Gasteiger partial charge in [0, 0.05) is 17.3 Å². The lowest BCUT2D eigenvalue weighted by Gasteiger charge is -2.13. The number of para-hydroxylation sites is 1. The minimum absolute atomic E-state index is 0.141. The van der Waals surface area contributed by atoms with Crippen LogP contribution in [0.2, 0.25) is 0 Å². The van der Waals surface area contributed by atoms with Crippen LogP contribution in [-0.4, -0.2) is 27.8 Å². The Bertz CT molecular complexity index is 960. The summed E-state index contributed by atoms with van der Waals surface area (Å²) in [7, 11) is 1.60. The maximum Gasteiger partial charge on any atom is 0.339 e. The number of carbonyl (C=O) groups excluding carboxylic acids is 1. The van der Waals surface area contributed by atoms with Crippen LogP contribution in [0.5, 0.6) is 5.75 Å². The quantitative estimate of drug-likeness (QED) is 0.600. The molecule has 0 saturated heterocycles. The Hall–Kier alpha value is -2.89. The maximum atomic E-state index is 12.9. The van der Waals surface area contributed by atoms with E-state index in [0.29, 0.717) is 22.3 Å². The number of rotatable bonds is 6. The highest BCUT2D eigenvalue weighted by Crippen LogP contribution is 2.26. The molecule has 3 rings (SSSR count). The van der Waals surface area contributed by atoms with Gasteiger partial charge in [-0.05, 0) is 31.9 Å². The van der Waals surface area contributed by atoms with Crippen LogP contribution in [-0.2, 0) is 11.3 Å². The van der Waals surface area contributed by atoms with Crippen molar-refractivity contribution in [2.75, 3.05) is 7.11 Å². The van der Waals surface area contributed by atoms with E-state index in [1.807, 2.05) is 62.7 Å². The van der Waals surface area contributed by atoms with Gasteiger partial charge in [0.25, 0.3) is 0 Å². The molecule has 0 N–H and O–H groups in total. The van der Waals surface area contributed by atoms with E-state index in [-0.39, 0.29) is 18.6 Å². The van der Waals surface area contributed by atoms with E-state index in [0.717, 1.165) is 11.3 Å². The molecular weight excluding hydrogens is 342 g/mol. The fraction of sp³-hybridized carbons (Fsp3) is 0.381. The van der Waals surface area contributed by atoms with Crippen LogP contribution in [0.4, 0.5) is 0 Å². The first kappa shape index (κ1) is 18.9. The fourth-order valence-electron chi connectivity index (χ4n) is 2.92. The van der Waals surface area contributed by atoms with E-state index in [1.165, 1.54) is 0 Å². The molecule has 0 aliphatic rings. The second kappa shape index (κ2) is 7.78. The molecule has 2 heterocycles. The van der Waals surface area contributed by atoms with E-state index in [2.05, 4.69) is 5.10 Å². The van der Waals surface area contributed by atoms with Crippen molar-refractivity contribution in [2.45, 2.75) is 46.3 Å². The zero-order chi connectivity index (χ0) is 19.6. The Balaban J connectivity index is 1.96. The summed E-state index contributed by atoms with van der Waals surface area (Å²) in [4.78, 5) is 17.6. The number of hydrogen-bond acceptors (Lipinski definition) is 5. The predicted octanol–water partition coefficient (Wildman–Crippen LogP) is 4.50. The average molecular weight is 367 g/mol. The highest BCUT2D eigenvalue weighted by atomic mass is 16.5. The third kappa shape index (κ3) is 3.79. The smallest absolute Gasteiger partial charge is 0.339 e. The number of carbonyl (C=O) groups is 1. The number of esters is 1. The summed E-state index contributed by atoms with van der Waals surface area (Å²) in [5.41, 5.74) is 2.86. The number of ether oxygens (including phenoxy) is 2. The fourth-order valence-corrected chi connectivity index (χ4v) is 2.92. The monoisotopic (exact) mass is 367 g/mol. The van der Waals surface area contributed by atoms with Gasteiger partial charge in [0.15, 0.2) is 5.65 Å². The Morgan fingerprint density at radius 2 is 1.93 bits per heavy atom. The van der Waals surface area contributed by atoms with Crippen molar-refractivity contribution in [1.82, 2.24) is 14.8 Å². The summed E-state index contributed by atoms with van der Waals surface area (Å²) in [5, 5.41) is 5.12. The minimum Gasteiger partial charge on any atom is -0.496 e. The number of pyridine rings is 1. The summed E-state index contributed by atoms with van der Waals surface area (Å²) in [6.45, 7) is 8.32. The third-order valence-electron chi connectivity index (χ3n) is 4.44. The molecule has 0 aliphatic heterocycles. The van der Waals surface area contributed by atoms with Crippen LogP contribution in [0.1, 0.15) is 61.3 Å². The average Bonchev–Trinajstić information content (AvgIpc) is 3.09. The van der Waals surface area contributed by atoms with E-state index in [1.54, 1.807) is 13.3 Å². The Morgan fingerprint density at radius 3 is 2.59 bits per heavy atom. The van der Waals surface area contributed by atoms with Gasteiger partial charge >= 0.3 is 5.97 Å². The summed E-state index contributed by atoms with van der Waals surface area (Å²) >= 11 is 0. The molecule has 27 heavy (non-hydrogen) atoms. The molecular formula is C21H25N3O3. The van der Waals surface area contributed by atoms with Gasteiger partial charge in [0.2, 0.25) is 0 Å². The highest BCUT2D eigenvalue weighted by Gasteiger charge is 2.20. The van der Waals surface area contributed by atoms with Gasteiger partial charge in [-0.2, -0.15) is 5.10 Å². The van der Waals surface area contributed by atoms with E-state index < -0.39 is 5.97 Å². The number of nitrogens with zero attached hydrogens (tertiary/aromatic N) is 3. The predicted molar refractivity (Wildman–Crippen MR) is 104 cm³/mol. The lowest BCUT2D eigenvalue weighted by molar-refractivity contribution is 0.0472. The molecule has 2 aromatic heterocycles. The normalized spacial score (nSPS) is 11.4. The molecule has 0 aliphatic carbocycles. The molecule has 3 aromatic rings. The van der Waals surface area contributed by atoms with Gasteiger partial charge in [0.05, 0.1) is 24.3 Å². The van der Waals surface area contributed by atoms with Crippen molar-refractivity contribution >= 4 is 17.0 Å². The third-order valence-corrected chi connectivity index (χ3v) is 4.44. The molecule has 0 amide bonds. The Labute approximate surface area is 159 Å². The summed E-state index contributed by atoms with van der Waals surface area (Å²) in [6.07, 6.45) is 1.69. The van der Waals surface area contributed by atoms with Crippen molar-refractivity contribution in [1.29, 1.82) is 0 Å². The number of fused-ring (bicyclic) bond motifs is 1. The van der Waals surface area contributed by atoms with Crippen LogP contribution in [0.25, 0.3) is 11.0 Å². The van der Waals surface area contributed by atoms with Gasteiger partial charge in [-0.25, -0.2) is 14.5 Å². The molecule has 1 aromatic carbocycles. The molecule has 0 unspecified atom stereocenters. The van der Waals surface area contributed by atoms with Crippen molar-refractivity contribution in [3.8, 4) is 5.75 Å². The molecule has 0 radical (unpaired) electrons. The Kier molecular flexibility index (Phi) is 5.44. The minimum atomic E-state index is -0.390. The summed E-state index contributed by atoms with van der Waals surface area (Å²) in [5.74, 6) is 0.491.